The highest BCUT2D eigenvalue weighted by Crippen LogP contribution is 2.15. The molecule has 0 unspecified atom stereocenters. The molecular formula is C19H21N3O5S. The summed E-state index contributed by atoms with van der Waals surface area (Å²) in [5, 5.41) is 9.47. The second-order valence-corrected chi connectivity index (χ2v) is 6.66. The van der Waals surface area contributed by atoms with Gasteiger partial charge in [0.1, 0.15) is 0 Å². The molecule has 2 rings (SSSR count). The van der Waals surface area contributed by atoms with Crippen LogP contribution in [0.4, 0.5) is 5.69 Å². The molecule has 1 heterocycles. The lowest BCUT2D eigenvalue weighted by molar-refractivity contribution is -0.127. The van der Waals surface area contributed by atoms with Crippen molar-refractivity contribution in [1.82, 2.24) is 10.6 Å². The Morgan fingerprint density at radius 2 is 1.86 bits per heavy atom. The monoisotopic (exact) mass is 403 g/mol. The first kappa shape index (κ1) is 21.1. The van der Waals surface area contributed by atoms with E-state index < -0.39 is 18.5 Å². The summed E-state index contributed by atoms with van der Waals surface area (Å²) in [5.74, 6) is -1.88. The number of ether oxygens (including phenoxy) is 1. The zero-order valence-corrected chi connectivity index (χ0v) is 16.1. The van der Waals surface area contributed by atoms with E-state index in [1.54, 1.807) is 29.6 Å². The molecule has 0 atom stereocenters. The number of carbonyl (C=O) groups excluding carboxylic acids is 4. The summed E-state index contributed by atoms with van der Waals surface area (Å²) in [5.41, 5.74) is 0.627. The average Bonchev–Trinajstić information content (AvgIpc) is 3.24. The van der Waals surface area contributed by atoms with E-state index in [2.05, 4.69) is 16.0 Å². The molecule has 3 N–H and O–H groups in total. The molecule has 0 aliphatic rings. The van der Waals surface area contributed by atoms with Crippen LogP contribution in [0, 0.1) is 0 Å². The Morgan fingerprint density at radius 1 is 1.04 bits per heavy atom. The highest BCUT2D eigenvalue weighted by Gasteiger charge is 2.13. The molecule has 0 spiro atoms. The van der Waals surface area contributed by atoms with Gasteiger partial charge in [0.05, 0.1) is 17.0 Å². The number of rotatable bonds is 9. The van der Waals surface area contributed by atoms with Crippen LogP contribution in [-0.2, 0) is 14.3 Å². The minimum absolute atomic E-state index is 0.180. The van der Waals surface area contributed by atoms with E-state index in [1.807, 2.05) is 6.92 Å². The summed E-state index contributed by atoms with van der Waals surface area (Å²) in [7, 11) is 0. The van der Waals surface area contributed by atoms with Crippen molar-refractivity contribution in [2.75, 3.05) is 25.0 Å². The fraction of sp³-hybridized carbons (Fsp3) is 0.263. The third-order valence-corrected chi connectivity index (χ3v) is 4.32. The molecular weight excluding hydrogens is 382 g/mol. The summed E-state index contributed by atoms with van der Waals surface area (Å²) in [6, 6.07) is 9.68. The molecule has 1 aromatic carbocycles. The molecule has 9 heteroatoms. The molecule has 0 aliphatic heterocycles. The lowest BCUT2D eigenvalue weighted by Crippen LogP contribution is -2.38. The van der Waals surface area contributed by atoms with Crippen LogP contribution in [0.2, 0.25) is 0 Å². The molecule has 3 amide bonds. The van der Waals surface area contributed by atoms with E-state index in [0.717, 1.165) is 6.42 Å². The number of hydrogen-bond donors (Lipinski definition) is 3. The van der Waals surface area contributed by atoms with Gasteiger partial charge < -0.3 is 20.7 Å². The van der Waals surface area contributed by atoms with Crippen LogP contribution < -0.4 is 16.0 Å². The Labute approximate surface area is 166 Å². The maximum absolute atomic E-state index is 12.1. The minimum Gasteiger partial charge on any atom is -0.452 e. The van der Waals surface area contributed by atoms with Crippen molar-refractivity contribution in [3.05, 3.63) is 52.2 Å². The summed E-state index contributed by atoms with van der Waals surface area (Å²) in [6.07, 6.45) is 0.796. The van der Waals surface area contributed by atoms with E-state index in [4.69, 9.17) is 4.74 Å². The van der Waals surface area contributed by atoms with E-state index >= 15 is 0 Å². The van der Waals surface area contributed by atoms with Crippen LogP contribution in [-0.4, -0.2) is 43.4 Å². The first-order chi connectivity index (χ1) is 13.5. The lowest BCUT2D eigenvalue weighted by atomic mass is 10.2. The van der Waals surface area contributed by atoms with Gasteiger partial charge in [0.15, 0.2) is 6.61 Å². The number of anilines is 1. The van der Waals surface area contributed by atoms with E-state index in [0.29, 0.717) is 17.1 Å². The van der Waals surface area contributed by atoms with Crippen LogP contribution in [0.3, 0.4) is 0 Å². The highest BCUT2D eigenvalue weighted by molar-refractivity contribution is 7.12. The van der Waals surface area contributed by atoms with Crippen LogP contribution in [0.5, 0.6) is 0 Å². The smallest absolute Gasteiger partial charge is 0.338 e. The van der Waals surface area contributed by atoms with Crippen molar-refractivity contribution in [1.29, 1.82) is 0 Å². The number of amides is 3. The fourth-order valence-corrected chi connectivity index (χ4v) is 2.71. The van der Waals surface area contributed by atoms with Gasteiger partial charge in [0, 0.05) is 12.2 Å². The van der Waals surface area contributed by atoms with Gasteiger partial charge in [-0.2, -0.15) is 0 Å². The van der Waals surface area contributed by atoms with Crippen molar-refractivity contribution in [2.45, 2.75) is 13.3 Å². The highest BCUT2D eigenvalue weighted by atomic mass is 32.1. The van der Waals surface area contributed by atoms with E-state index in [-0.39, 0.29) is 23.9 Å². The first-order valence-corrected chi connectivity index (χ1v) is 9.53. The predicted molar refractivity (Wildman–Crippen MR) is 105 cm³/mol. The van der Waals surface area contributed by atoms with Gasteiger partial charge in [-0.05, 0) is 36.1 Å². The SMILES string of the molecule is CCCNC(=O)CNC(=O)COC(=O)c1cccc(NC(=O)c2cccs2)c1. The summed E-state index contributed by atoms with van der Waals surface area (Å²) < 4.78 is 4.94. The Kier molecular flexibility index (Phi) is 8.16. The van der Waals surface area contributed by atoms with Crippen molar-refractivity contribution >= 4 is 40.7 Å². The maximum atomic E-state index is 12.1. The molecule has 0 aliphatic carbocycles. The number of nitrogens with one attached hydrogen (secondary N) is 3. The molecule has 8 nitrogen and oxygen atoms in total. The summed E-state index contributed by atoms with van der Waals surface area (Å²) >= 11 is 1.31. The van der Waals surface area contributed by atoms with Gasteiger partial charge in [-0.3, -0.25) is 14.4 Å². The molecule has 2 aromatic rings. The number of carbonyl (C=O) groups is 4. The molecule has 0 radical (unpaired) electrons. The maximum Gasteiger partial charge on any atom is 0.338 e. The molecule has 148 valence electrons. The third kappa shape index (κ3) is 6.84. The third-order valence-electron chi connectivity index (χ3n) is 3.45. The predicted octanol–water partition coefficient (Wildman–Crippen LogP) is 1.80. The number of hydrogen-bond acceptors (Lipinski definition) is 6. The Hall–Kier alpha value is -3.20. The van der Waals surface area contributed by atoms with Gasteiger partial charge in [-0.1, -0.05) is 19.1 Å². The average molecular weight is 403 g/mol. The zero-order valence-electron chi connectivity index (χ0n) is 15.3. The second-order valence-electron chi connectivity index (χ2n) is 5.72. The largest absolute Gasteiger partial charge is 0.452 e. The Morgan fingerprint density at radius 3 is 2.57 bits per heavy atom. The minimum atomic E-state index is -0.710. The van der Waals surface area contributed by atoms with Crippen molar-refractivity contribution < 1.29 is 23.9 Å². The number of esters is 1. The normalized spacial score (nSPS) is 10.0. The molecule has 28 heavy (non-hydrogen) atoms. The quantitative estimate of drug-likeness (QED) is 0.553. The van der Waals surface area contributed by atoms with E-state index in [1.165, 1.54) is 23.5 Å². The Bertz CT molecular complexity index is 836. The summed E-state index contributed by atoms with van der Waals surface area (Å²) in [6.45, 7) is 1.76. The Balaban J connectivity index is 1.81. The van der Waals surface area contributed by atoms with Crippen LogP contribution in [0.25, 0.3) is 0 Å². The van der Waals surface area contributed by atoms with Crippen LogP contribution in [0.1, 0.15) is 33.4 Å². The number of thiophene rings is 1. The van der Waals surface area contributed by atoms with Gasteiger partial charge >= 0.3 is 5.97 Å². The summed E-state index contributed by atoms with van der Waals surface area (Å²) in [4.78, 5) is 47.8. The van der Waals surface area contributed by atoms with Gasteiger partial charge in [0.2, 0.25) is 5.91 Å². The van der Waals surface area contributed by atoms with Gasteiger partial charge in [0.25, 0.3) is 11.8 Å². The first-order valence-electron chi connectivity index (χ1n) is 8.65. The number of benzene rings is 1. The zero-order chi connectivity index (χ0) is 20.4. The molecule has 0 saturated heterocycles. The molecule has 0 saturated carbocycles. The standard InChI is InChI=1S/C19H21N3O5S/c1-2-8-20-16(23)11-21-17(24)12-27-19(26)13-5-3-6-14(10-13)22-18(25)15-7-4-9-28-15/h3-7,9-10H,2,8,11-12H2,1H3,(H,20,23)(H,21,24)(H,22,25). The lowest BCUT2D eigenvalue weighted by Gasteiger charge is -2.08. The van der Waals surface area contributed by atoms with Crippen molar-refractivity contribution in [3.63, 3.8) is 0 Å². The van der Waals surface area contributed by atoms with Crippen molar-refractivity contribution in [2.24, 2.45) is 0 Å². The molecule has 0 bridgehead atoms. The topological polar surface area (TPSA) is 114 Å². The van der Waals surface area contributed by atoms with Gasteiger partial charge in [-0.15, -0.1) is 11.3 Å². The molecule has 0 fully saturated rings. The van der Waals surface area contributed by atoms with E-state index in [9.17, 15) is 19.2 Å². The van der Waals surface area contributed by atoms with Crippen LogP contribution in [0.15, 0.2) is 41.8 Å². The van der Waals surface area contributed by atoms with Gasteiger partial charge in [-0.25, -0.2) is 4.79 Å². The fourth-order valence-electron chi connectivity index (χ4n) is 2.10. The second kappa shape index (κ2) is 10.8. The van der Waals surface area contributed by atoms with Crippen molar-refractivity contribution in [3.8, 4) is 0 Å². The van der Waals surface area contributed by atoms with Crippen LogP contribution >= 0.6 is 11.3 Å². The molecule has 1 aromatic heterocycles.